The molecule has 104 valence electrons. The van der Waals surface area contributed by atoms with Crippen LogP contribution < -0.4 is 10.6 Å². The van der Waals surface area contributed by atoms with Gasteiger partial charge in [-0.3, -0.25) is 4.79 Å². The summed E-state index contributed by atoms with van der Waals surface area (Å²) < 4.78 is 19.3. The highest BCUT2D eigenvalue weighted by atomic mass is 19.1. The largest absolute Gasteiger partial charge is 0.389 e. The van der Waals surface area contributed by atoms with Crippen molar-refractivity contribution in [3.63, 3.8) is 0 Å². The summed E-state index contributed by atoms with van der Waals surface area (Å²) in [7, 11) is 0. The van der Waals surface area contributed by atoms with Crippen molar-refractivity contribution in [2.75, 3.05) is 24.7 Å². The normalized spacial score (nSPS) is 21.2. The number of aliphatic hydroxyl groups excluding tert-OH is 1. The second kappa shape index (κ2) is 5.54. The minimum absolute atomic E-state index is 0.160. The summed E-state index contributed by atoms with van der Waals surface area (Å²) in [4.78, 5) is 13.0. The molecule has 1 aliphatic rings. The molecular weight excluding hydrogens is 251 g/mol. The van der Waals surface area contributed by atoms with Gasteiger partial charge in [-0.25, -0.2) is 4.39 Å². The molecule has 1 heterocycles. The molecule has 19 heavy (non-hydrogen) atoms. The van der Waals surface area contributed by atoms with Gasteiger partial charge >= 0.3 is 0 Å². The number of benzene rings is 1. The lowest BCUT2D eigenvalue weighted by molar-refractivity contribution is -0.121. The first-order valence-corrected chi connectivity index (χ1v) is 6.12. The van der Waals surface area contributed by atoms with Gasteiger partial charge in [-0.1, -0.05) is 6.07 Å². The quantitative estimate of drug-likeness (QED) is 0.840. The molecule has 1 amide bonds. The lowest BCUT2D eigenvalue weighted by Gasteiger charge is -2.35. The van der Waals surface area contributed by atoms with Crippen LogP contribution in [0.2, 0.25) is 0 Å². The van der Waals surface area contributed by atoms with Crippen LogP contribution in [0, 0.1) is 5.82 Å². The van der Waals surface area contributed by atoms with E-state index >= 15 is 0 Å². The lowest BCUT2D eigenvalue weighted by atomic mass is 10.1. The van der Waals surface area contributed by atoms with E-state index in [-0.39, 0.29) is 6.61 Å². The molecule has 6 heteroatoms. The summed E-state index contributed by atoms with van der Waals surface area (Å²) in [5.74, 6) is -1.02. The Morgan fingerprint density at radius 3 is 2.95 bits per heavy atom. The molecule has 3 N–H and O–H groups in total. The standard InChI is InChI=1S/C13H17FN2O3/c1-8(17)9-2-3-11(10(14)6-9)16-4-5-19-7-12(16)13(15)18/h2-3,6,8,12,17H,4-5,7H2,1H3,(H2,15,18)/t8-,12?/m0/s1. The van der Waals surface area contributed by atoms with Crippen molar-refractivity contribution in [3.8, 4) is 0 Å². The number of hydrogen-bond donors (Lipinski definition) is 2. The van der Waals surface area contributed by atoms with Crippen molar-refractivity contribution < 1.29 is 19.0 Å². The fraction of sp³-hybridized carbons (Fsp3) is 0.462. The van der Waals surface area contributed by atoms with Gasteiger partial charge < -0.3 is 20.5 Å². The van der Waals surface area contributed by atoms with Gasteiger partial charge in [-0.15, -0.1) is 0 Å². The van der Waals surface area contributed by atoms with Gasteiger partial charge in [0.2, 0.25) is 5.91 Å². The third-order valence-electron chi connectivity index (χ3n) is 3.22. The van der Waals surface area contributed by atoms with E-state index in [1.165, 1.54) is 6.07 Å². The van der Waals surface area contributed by atoms with Crippen molar-refractivity contribution in [1.29, 1.82) is 0 Å². The Labute approximate surface area is 110 Å². The summed E-state index contributed by atoms with van der Waals surface area (Å²) >= 11 is 0. The molecule has 0 radical (unpaired) electrons. The van der Waals surface area contributed by atoms with E-state index in [1.54, 1.807) is 24.0 Å². The molecule has 1 saturated heterocycles. The predicted octanol–water partition coefficient (Wildman–Crippen LogP) is 0.570. The second-order valence-corrected chi connectivity index (χ2v) is 4.57. The average molecular weight is 268 g/mol. The average Bonchev–Trinajstić information content (AvgIpc) is 2.38. The van der Waals surface area contributed by atoms with Gasteiger partial charge in [-0.05, 0) is 24.6 Å². The number of aliphatic hydroxyl groups is 1. The number of hydrogen-bond acceptors (Lipinski definition) is 4. The van der Waals surface area contributed by atoms with Gasteiger partial charge in [0.25, 0.3) is 0 Å². The summed E-state index contributed by atoms with van der Waals surface area (Å²) in [5, 5.41) is 9.42. The van der Waals surface area contributed by atoms with Crippen LogP contribution in [0.3, 0.4) is 0 Å². The number of morpholine rings is 1. The molecule has 1 aliphatic heterocycles. The van der Waals surface area contributed by atoms with Crippen LogP contribution in [0.25, 0.3) is 0 Å². The van der Waals surface area contributed by atoms with Crippen LogP contribution in [0.5, 0.6) is 0 Å². The van der Waals surface area contributed by atoms with Crippen LogP contribution >= 0.6 is 0 Å². The van der Waals surface area contributed by atoms with E-state index in [2.05, 4.69) is 0 Å². The lowest BCUT2D eigenvalue weighted by Crippen LogP contribution is -2.53. The zero-order valence-electron chi connectivity index (χ0n) is 10.7. The SMILES string of the molecule is C[C@H](O)c1ccc(N2CCOCC2C(N)=O)c(F)c1. The van der Waals surface area contributed by atoms with E-state index in [9.17, 15) is 14.3 Å². The Morgan fingerprint density at radius 2 is 2.37 bits per heavy atom. The summed E-state index contributed by atoms with van der Waals surface area (Å²) in [6.07, 6.45) is -0.736. The number of halogens is 1. The van der Waals surface area contributed by atoms with Crippen LogP contribution in [-0.2, 0) is 9.53 Å². The smallest absolute Gasteiger partial charge is 0.242 e. The number of rotatable bonds is 3. The van der Waals surface area contributed by atoms with Crippen LogP contribution in [0.1, 0.15) is 18.6 Å². The first-order valence-electron chi connectivity index (χ1n) is 6.12. The molecule has 0 aliphatic carbocycles. The number of anilines is 1. The monoisotopic (exact) mass is 268 g/mol. The van der Waals surface area contributed by atoms with E-state index in [4.69, 9.17) is 10.5 Å². The number of ether oxygens (including phenoxy) is 1. The molecular formula is C13H17FN2O3. The third-order valence-corrected chi connectivity index (χ3v) is 3.22. The first kappa shape index (κ1) is 13.8. The minimum Gasteiger partial charge on any atom is -0.389 e. The molecule has 5 nitrogen and oxygen atoms in total. The van der Waals surface area contributed by atoms with E-state index < -0.39 is 23.9 Å². The number of nitrogens with two attached hydrogens (primary N) is 1. The van der Waals surface area contributed by atoms with Crippen LogP contribution in [-0.4, -0.2) is 36.8 Å². The fourth-order valence-electron chi connectivity index (χ4n) is 2.14. The van der Waals surface area contributed by atoms with Crippen LogP contribution in [0.4, 0.5) is 10.1 Å². The second-order valence-electron chi connectivity index (χ2n) is 4.57. The third kappa shape index (κ3) is 2.85. The highest BCUT2D eigenvalue weighted by Crippen LogP contribution is 2.26. The zero-order valence-corrected chi connectivity index (χ0v) is 10.7. The fourth-order valence-corrected chi connectivity index (χ4v) is 2.14. The number of nitrogens with zero attached hydrogens (tertiary/aromatic N) is 1. The number of amides is 1. The van der Waals surface area contributed by atoms with Crippen molar-refractivity contribution >= 4 is 11.6 Å². The Kier molecular flexibility index (Phi) is 4.01. The first-order chi connectivity index (χ1) is 9.00. The highest BCUT2D eigenvalue weighted by Gasteiger charge is 2.29. The Balaban J connectivity index is 2.31. The number of carbonyl (C=O) groups is 1. The topological polar surface area (TPSA) is 75.8 Å². The van der Waals surface area contributed by atoms with Crippen molar-refractivity contribution in [3.05, 3.63) is 29.6 Å². The van der Waals surface area contributed by atoms with Gasteiger partial charge in [0, 0.05) is 6.54 Å². The maximum atomic E-state index is 14.1. The number of carbonyl (C=O) groups excluding carboxylic acids is 1. The van der Waals surface area contributed by atoms with Crippen LogP contribution in [0.15, 0.2) is 18.2 Å². The summed E-state index contributed by atoms with van der Waals surface area (Å²) in [6, 6.07) is 3.80. The molecule has 1 aromatic rings. The Bertz CT molecular complexity index is 479. The Hall–Kier alpha value is -1.66. The van der Waals surface area contributed by atoms with Gasteiger partial charge in [0.1, 0.15) is 11.9 Å². The molecule has 1 fully saturated rings. The molecule has 0 saturated carbocycles. The van der Waals surface area contributed by atoms with E-state index in [0.29, 0.717) is 24.4 Å². The summed E-state index contributed by atoms with van der Waals surface area (Å²) in [6.45, 7) is 2.54. The maximum Gasteiger partial charge on any atom is 0.242 e. The van der Waals surface area contributed by atoms with E-state index in [0.717, 1.165) is 0 Å². The highest BCUT2D eigenvalue weighted by molar-refractivity contribution is 5.84. The van der Waals surface area contributed by atoms with Crippen molar-refractivity contribution in [1.82, 2.24) is 0 Å². The molecule has 2 rings (SSSR count). The number of primary amides is 1. The van der Waals surface area contributed by atoms with Gasteiger partial charge in [0.05, 0.1) is 25.0 Å². The molecule has 0 bridgehead atoms. The van der Waals surface area contributed by atoms with Gasteiger partial charge in [0.15, 0.2) is 0 Å². The zero-order chi connectivity index (χ0) is 14.0. The molecule has 0 spiro atoms. The molecule has 2 atom stereocenters. The summed E-state index contributed by atoms with van der Waals surface area (Å²) in [5.41, 5.74) is 6.09. The Morgan fingerprint density at radius 1 is 1.63 bits per heavy atom. The molecule has 1 unspecified atom stereocenters. The predicted molar refractivity (Wildman–Crippen MR) is 68.2 cm³/mol. The maximum absolute atomic E-state index is 14.1. The van der Waals surface area contributed by atoms with E-state index in [1.807, 2.05) is 0 Å². The van der Waals surface area contributed by atoms with Crippen molar-refractivity contribution in [2.24, 2.45) is 5.73 Å². The minimum atomic E-state index is -0.736. The molecule has 0 aromatic heterocycles. The van der Waals surface area contributed by atoms with Gasteiger partial charge in [-0.2, -0.15) is 0 Å². The van der Waals surface area contributed by atoms with Crippen molar-refractivity contribution in [2.45, 2.75) is 19.1 Å². The molecule has 1 aromatic carbocycles.